The SMILES string of the molecule is CCCNC1CCC(NS(=O)(=O)c2cccnc2)CC1. The Labute approximate surface area is 121 Å². The molecule has 0 bridgehead atoms. The van der Waals surface area contributed by atoms with E-state index in [-0.39, 0.29) is 10.9 Å². The van der Waals surface area contributed by atoms with Gasteiger partial charge in [-0.2, -0.15) is 0 Å². The van der Waals surface area contributed by atoms with Crippen LogP contribution in [-0.2, 0) is 10.0 Å². The zero-order valence-corrected chi connectivity index (χ0v) is 12.7. The molecule has 0 aromatic carbocycles. The molecule has 0 atom stereocenters. The van der Waals surface area contributed by atoms with E-state index in [4.69, 9.17) is 0 Å². The molecule has 0 saturated heterocycles. The highest BCUT2D eigenvalue weighted by atomic mass is 32.2. The summed E-state index contributed by atoms with van der Waals surface area (Å²) < 4.78 is 27.2. The lowest BCUT2D eigenvalue weighted by Gasteiger charge is -2.29. The second-order valence-corrected chi connectivity index (χ2v) is 7.03. The smallest absolute Gasteiger partial charge is 0.242 e. The average molecular weight is 297 g/mol. The van der Waals surface area contributed by atoms with Crippen molar-refractivity contribution in [2.75, 3.05) is 6.54 Å². The maximum atomic E-state index is 12.2. The molecule has 0 amide bonds. The predicted octanol–water partition coefficient (Wildman–Crippen LogP) is 1.67. The van der Waals surface area contributed by atoms with Crippen LogP contribution in [0.25, 0.3) is 0 Å². The van der Waals surface area contributed by atoms with Crippen LogP contribution in [0.3, 0.4) is 0 Å². The van der Waals surface area contributed by atoms with Crippen LogP contribution in [0.4, 0.5) is 0 Å². The first kappa shape index (κ1) is 15.4. The molecule has 2 N–H and O–H groups in total. The molecule has 1 aromatic rings. The number of nitrogens with zero attached hydrogens (tertiary/aromatic N) is 1. The Morgan fingerprint density at radius 3 is 2.55 bits per heavy atom. The lowest BCUT2D eigenvalue weighted by molar-refractivity contribution is 0.330. The number of hydrogen-bond donors (Lipinski definition) is 2. The van der Waals surface area contributed by atoms with Crippen molar-refractivity contribution in [1.29, 1.82) is 0 Å². The number of hydrogen-bond acceptors (Lipinski definition) is 4. The van der Waals surface area contributed by atoms with Crippen LogP contribution in [0.5, 0.6) is 0 Å². The molecule has 0 unspecified atom stereocenters. The molecular formula is C14H23N3O2S. The first-order valence-electron chi connectivity index (χ1n) is 7.27. The Bertz CT molecular complexity index is 496. The molecule has 5 nitrogen and oxygen atoms in total. The summed E-state index contributed by atoms with van der Waals surface area (Å²) in [5.41, 5.74) is 0. The van der Waals surface area contributed by atoms with Gasteiger partial charge in [0.05, 0.1) is 0 Å². The van der Waals surface area contributed by atoms with Crippen LogP contribution >= 0.6 is 0 Å². The summed E-state index contributed by atoms with van der Waals surface area (Å²) in [6.07, 6.45) is 7.93. The second-order valence-electron chi connectivity index (χ2n) is 5.31. The topological polar surface area (TPSA) is 71.1 Å². The molecule has 0 aliphatic heterocycles. The van der Waals surface area contributed by atoms with Crippen molar-refractivity contribution in [2.45, 2.75) is 56.0 Å². The van der Waals surface area contributed by atoms with Crippen molar-refractivity contribution < 1.29 is 8.42 Å². The van der Waals surface area contributed by atoms with Crippen molar-refractivity contribution in [3.63, 3.8) is 0 Å². The van der Waals surface area contributed by atoms with E-state index < -0.39 is 10.0 Å². The van der Waals surface area contributed by atoms with Gasteiger partial charge in [0.1, 0.15) is 4.90 Å². The van der Waals surface area contributed by atoms with Gasteiger partial charge in [-0.25, -0.2) is 13.1 Å². The quantitative estimate of drug-likeness (QED) is 0.838. The predicted molar refractivity (Wildman–Crippen MR) is 78.9 cm³/mol. The molecule has 1 aromatic heterocycles. The van der Waals surface area contributed by atoms with Gasteiger partial charge in [0.2, 0.25) is 10.0 Å². The molecule has 2 rings (SSSR count). The minimum absolute atomic E-state index is 0.0416. The van der Waals surface area contributed by atoms with E-state index in [0.29, 0.717) is 6.04 Å². The second kappa shape index (κ2) is 7.15. The van der Waals surface area contributed by atoms with Gasteiger partial charge in [-0.15, -0.1) is 0 Å². The summed E-state index contributed by atoms with van der Waals surface area (Å²) in [7, 11) is -3.43. The summed E-state index contributed by atoms with van der Waals surface area (Å²) >= 11 is 0. The molecule has 1 aliphatic carbocycles. The van der Waals surface area contributed by atoms with Crippen molar-refractivity contribution in [3.05, 3.63) is 24.5 Å². The van der Waals surface area contributed by atoms with Gasteiger partial charge in [-0.1, -0.05) is 6.92 Å². The summed E-state index contributed by atoms with van der Waals surface area (Å²) in [5.74, 6) is 0. The van der Waals surface area contributed by atoms with Crippen LogP contribution in [0.15, 0.2) is 29.4 Å². The Hall–Kier alpha value is -0.980. The van der Waals surface area contributed by atoms with Gasteiger partial charge < -0.3 is 5.32 Å². The molecule has 1 heterocycles. The molecule has 112 valence electrons. The van der Waals surface area contributed by atoms with Gasteiger partial charge >= 0.3 is 0 Å². The standard InChI is InChI=1S/C14H23N3O2S/c1-2-9-16-12-5-7-13(8-6-12)17-20(18,19)14-4-3-10-15-11-14/h3-4,10-13,16-17H,2,5-9H2,1H3. The molecule has 0 spiro atoms. The van der Waals surface area contributed by atoms with Crippen LogP contribution in [-0.4, -0.2) is 32.0 Å². The molecule has 1 aliphatic rings. The highest BCUT2D eigenvalue weighted by Gasteiger charge is 2.25. The van der Waals surface area contributed by atoms with Crippen molar-refractivity contribution in [2.24, 2.45) is 0 Å². The first-order chi connectivity index (χ1) is 9.62. The van der Waals surface area contributed by atoms with Gasteiger partial charge in [-0.3, -0.25) is 4.98 Å². The third-order valence-corrected chi connectivity index (χ3v) is 5.18. The van der Waals surface area contributed by atoms with Crippen LogP contribution < -0.4 is 10.0 Å². The van der Waals surface area contributed by atoms with Crippen molar-refractivity contribution in [1.82, 2.24) is 15.0 Å². The number of sulfonamides is 1. The fraction of sp³-hybridized carbons (Fsp3) is 0.643. The van der Waals surface area contributed by atoms with Gasteiger partial charge in [0.25, 0.3) is 0 Å². The van der Waals surface area contributed by atoms with Gasteiger partial charge in [-0.05, 0) is 50.8 Å². The van der Waals surface area contributed by atoms with E-state index in [0.717, 1.165) is 38.6 Å². The van der Waals surface area contributed by atoms with Crippen LogP contribution in [0.1, 0.15) is 39.0 Å². The Balaban J connectivity index is 1.86. The number of pyridine rings is 1. The highest BCUT2D eigenvalue weighted by molar-refractivity contribution is 7.89. The molecule has 1 saturated carbocycles. The average Bonchev–Trinajstić information content (AvgIpc) is 2.47. The van der Waals surface area contributed by atoms with E-state index in [1.54, 1.807) is 18.3 Å². The Morgan fingerprint density at radius 2 is 1.95 bits per heavy atom. The minimum Gasteiger partial charge on any atom is -0.314 e. The number of nitrogens with one attached hydrogen (secondary N) is 2. The maximum Gasteiger partial charge on any atom is 0.242 e. The van der Waals surface area contributed by atoms with Crippen molar-refractivity contribution >= 4 is 10.0 Å². The summed E-state index contributed by atoms with van der Waals surface area (Å²) in [4.78, 5) is 4.10. The van der Waals surface area contributed by atoms with E-state index >= 15 is 0 Å². The number of rotatable bonds is 6. The van der Waals surface area contributed by atoms with E-state index in [9.17, 15) is 8.42 Å². The third kappa shape index (κ3) is 4.26. The molecule has 6 heteroatoms. The zero-order chi connectivity index (χ0) is 14.4. The normalized spacial score (nSPS) is 23.6. The lowest BCUT2D eigenvalue weighted by atomic mass is 9.92. The Kier molecular flexibility index (Phi) is 5.51. The monoisotopic (exact) mass is 297 g/mol. The molecular weight excluding hydrogens is 274 g/mol. The highest BCUT2D eigenvalue weighted by Crippen LogP contribution is 2.20. The molecule has 1 fully saturated rings. The van der Waals surface area contributed by atoms with Gasteiger partial charge in [0, 0.05) is 24.5 Å². The maximum absolute atomic E-state index is 12.2. The van der Waals surface area contributed by atoms with E-state index in [1.807, 2.05) is 0 Å². The fourth-order valence-electron chi connectivity index (χ4n) is 2.56. The summed E-state index contributed by atoms with van der Waals surface area (Å²) in [6.45, 7) is 3.19. The van der Waals surface area contributed by atoms with Crippen LogP contribution in [0, 0.1) is 0 Å². The number of aromatic nitrogens is 1. The first-order valence-corrected chi connectivity index (χ1v) is 8.76. The largest absolute Gasteiger partial charge is 0.314 e. The van der Waals surface area contributed by atoms with Crippen molar-refractivity contribution in [3.8, 4) is 0 Å². The summed E-state index contributed by atoms with van der Waals surface area (Å²) in [5, 5.41) is 3.50. The van der Waals surface area contributed by atoms with E-state index in [2.05, 4.69) is 21.9 Å². The van der Waals surface area contributed by atoms with Crippen LogP contribution in [0.2, 0.25) is 0 Å². The third-order valence-electron chi connectivity index (χ3n) is 3.68. The minimum atomic E-state index is -3.43. The van der Waals surface area contributed by atoms with Gasteiger partial charge in [0.15, 0.2) is 0 Å². The molecule has 0 radical (unpaired) electrons. The molecule has 20 heavy (non-hydrogen) atoms. The zero-order valence-electron chi connectivity index (χ0n) is 11.9. The summed E-state index contributed by atoms with van der Waals surface area (Å²) in [6, 6.07) is 3.79. The Morgan fingerprint density at radius 1 is 1.25 bits per heavy atom. The lowest BCUT2D eigenvalue weighted by Crippen LogP contribution is -2.42. The van der Waals surface area contributed by atoms with E-state index in [1.165, 1.54) is 6.20 Å². The fourth-order valence-corrected chi connectivity index (χ4v) is 3.83.